The molecule has 1 atom stereocenters. The van der Waals surface area contributed by atoms with Crippen LogP contribution in [0.2, 0.25) is 0 Å². The van der Waals surface area contributed by atoms with Crippen LogP contribution in [0.1, 0.15) is 51.6 Å². The van der Waals surface area contributed by atoms with Crippen molar-refractivity contribution in [2.75, 3.05) is 50.7 Å². The number of amides is 1. The summed E-state index contributed by atoms with van der Waals surface area (Å²) in [4.78, 5) is 19.7. The number of benzene rings is 3. The van der Waals surface area contributed by atoms with E-state index in [9.17, 15) is 4.79 Å². The molecular formula is C32H33N5O2. The SMILES string of the molecule is N#Cc1ccc(CO[C@H](CN2CCN(C(=O)c3ccc(C#N)cc3)CC2)c2cccc(N3CCCC3)c2)cc1. The van der Waals surface area contributed by atoms with E-state index in [-0.39, 0.29) is 12.0 Å². The lowest BCUT2D eigenvalue weighted by Crippen LogP contribution is -2.49. The molecule has 0 N–H and O–H groups in total. The molecule has 1 amide bonds. The average Bonchev–Trinajstić information content (AvgIpc) is 3.55. The van der Waals surface area contributed by atoms with E-state index in [1.54, 1.807) is 24.3 Å². The molecule has 0 spiro atoms. The molecular weight excluding hydrogens is 486 g/mol. The van der Waals surface area contributed by atoms with Crippen molar-refractivity contribution in [3.63, 3.8) is 0 Å². The highest BCUT2D eigenvalue weighted by atomic mass is 16.5. The summed E-state index contributed by atoms with van der Waals surface area (Å²) in [6, 6.07) is 27.4. The van der Waals surface area contributed by atoms with Gasteiger partial charge in [0.1, 0.15) is 0 Å². The minimum Gasteiger partial charge on any atom is -0.372 e. The first-order valence-electron chi connectivity index (χ1n) is 13.6. The standard InChI is InChI=1S/C32H33N5O2/c33-21-25-6-8-27(9-7-25)24-39-31(29-4-3-5-30(20-29)36-14-1-2-15-36)23-35-16-18-37(19-17-35)32(38)28-12-10-26(22-34)11-13-28/h3-13,20,31H,1-2,14-19,23-24H2/t31-/m1/s1. The van der Waals surface area contributed by atoms with Crippen LogP contribution in [-0.2, 0) is 11.3 Å². The Balaban J connectivity index is 1.25. The fraction of sp³-hybridized carbons (Fsp3) is 0.344. The van der Waals surface area contributed by atoms with E-state index in [2.05, 4.69) is 46.2 Å². The minimum absolute atomic E-state index is 0.00562. The third-order valence-corrected chi connectivity index (χ3v) is 7.59. The molecule has 2 fully saturated rings. The fourth-order valence-electron chi connectivity index (χ4n) is 5.26. The van der Waals surface area contributed by atoms with Crippen molar-refractivity contribution < 1.29 is 9.53 Å². The van der Waals surface area contributed by atoms with Gasteiger partial charge in [-0.1, -0.05) is 24.3 Å². The summed E-state index contributed by atoms with van der Waals surface area (Å²) < 4.78 is 6.52. The highest BCUT2D eigenvalue weighted by molar-refractivity contribution is 5.94. The van der Waals surface area contributed by atoms with Crippen molar-refractivity contribution in [2.45, 2.75) is 25.6 Å². The molecule has 2 heterocycles. The summed E-state index contributed by atoms with van der Waals surface area (Å²) in [5.74, 6) is 0.00562. The Hall–Kier alpha value is -4.17. The van der Waals surface area contributed by atoms with Gasteiger partial charge in [-0.2, -0.15) is 10.5 Å². The molecule has 5 rings (SSSR count). The molecule has 198 valence electrons. The van der Waals surface area contributed by atoms with Crippen LogP contribution in [0, 0.1) is 22.7 Å². The Morgan fingerprint density at radius 1 is 0.821 bits per heavy atom. The number of hydrogen-bond acceptors (Lipinski definition) is 6. The van der Waals surface area contributed by atoms with Crippen molar-refractivity contribution >= 4 is 11.6 Å². The van der Waals surface area contributed by atoms with Gasteiger partial charge in [0.25, 0.3) is 5.91 Å². The molecule has 2 aliphatic heterocycles. The van der Waals surface area contributed by atoms with Gasteiger partial charge in [-0.25, -0.2) is 0 Å². The van der Waals surface area contributed by atoms with E-state index in [0.717, 1.165) is 43.9 Å². The maximum Gasteiger partial charge on any atom is 0.253 e. The monoisotopic (exact) mass is 519 g/mol. The highest BCUT2D eigenvalue weighted by Crippen LogP contribution is 2.28. The number of hydrogen-bond donors (Lipinski definition) is 0. The van der Waals surface area contributed by atoms with Crippen LogP contribution >= 0.6 is 0 Å². The van der Waals surface area contributed by atoms with Crippen LogP contribution in [0.5, 0.6) is 0 Å². The zero-order valence-corrected chi connectivity index (χ0v) is 22.1. The van der Waals surface area contributed by atoms with Gasteiger partial charge in [0.15, 0.2) is 0 Å². The Bertz CT molecular complexity index is 1340. The zero-order chi connectivity index (χ0) is 27.0. The van der Waals surface area contributed by atoms with E-state index in [1.807, 2.05) is 29.2 Å². The van der Waals surface area contributed by atoms with E-state index < -0.39 is 0 Å². The summed E-state index contributed by atoms with van der Waals surface area (Å²) in [5.41, 5.74) is 5.25. The number of ether oxygens (including phenoxy) is 1. The van der Waals surface area contributed by atoms with E-state index in [1.165, 1.54) is 18.5 Å². The third kappa shape index (κ3) is 6.64. The van der Waals surface area contributed by atoms with Gasteiger partial charge >= 0.3 is 0 Å². The van der Waals surface area contributed by atoms with E-state index in [0.29, 0.717) is 36.4 Å². The van der Waals surface area contributed by atoms with Crippen molar-refractivity contribution in [1.29, 1.82) is 10.5 Å². The molecule has 7 nitrogen and oxygen atoms in total. The van der Waals surface area contributed by atoms with Crippen LogP contribution in [0.4, 0.5) is 5.69 Å². The van der Waals surface area contributed by atoms with Crippen LogP contribution in [-0.4, -0.2) is 61.5 Å². The van der Waals surface area contributed by atoms with Crippen molar-refractivity contribution in [2.24, 2.45) is 0 Å². The molecule has 7 heteroatoms. The summed E-state index contributed by atoms with van der Waals surface area (Å²) in [5, 5.41) is 18.1. The van der Waals surface area contributed by atoms with Gasteiger partial charge < -0.3 is 14.5 Å². The maximum atomic E-state index is 13.0. The summed E-state index contributed by atoms with van der Waals surface area (Å²) in [7, 11) is 0. The van der Waals surface area contributed by atoms with Crippen molar-refractivity contribution in [3.05, 3.63) is 101 Å². The number of piperazine rings is 1. The third-order valence-electron chi connectivity index (χ3n) is 7.59. The Morgan fingerprint density at radius 3 is 2.10 bits per heavy atom. The maximum absolute atomic E-state index is 13.0. The van der Waals surface area contributed by atoms with Crippen LogP contribution in [0.25, 0.3) is 0 Å². The zero-order valence-electron chi connectivity index (χ0n) is 22.1. The number of carbonyl (C=O) groups is 1. The second kappa shape index (κ2) is 12.6. The summed E-state index contributed by atoms with van der Waals surface area (Å²) in [6.07, 6.45) is 2.34. The first kappa shape index (κ1) is 26.4. The molecule has 2 aliphatic rings. The van der Waals surface area contributed by atoms with Gasteiger partial charge in [0.05, 0.1) is 36.0 Å². The van der Waals surface area contributed by atoms with Crippen molar-refractivity contribution in [1.82, 2.24) is 9.80 Å². The Morgan fingerprint density at radius 2 is 1.46 bits per heavy atom. The van der Waals surface area contributed by atoms with E-state index in [4.69, 9.17) is 15.3 Å². The highest BCUT2D eigenvalue weighted by Gasteiger charge is 2.25. The Labute approximate surface area is 230 Å². The molecule has 2 saturated heterocycles. The lowest BCUT2D eigenvalue weighted by atomic mass is 10.1. The van der Waals surface area contributed by atoms with Crippen molar-refractivity contribution in [3.8, 4) is 12.1 Å². The molecule has 0 radical (unpaired) electrons. The topological polar surface area (TPSA) is 83.6 Å². The second-order valence-corrected chi connectivity index (χ2v) is 10.2. The molecule has 0 aromatic heterocycles. The normalized spacial score (nSPS) is 16.5. The van der Waals surface area contributed by atoms with Crippen LogP contribution < -0.4 is 4.90 Å². The quantitative estimate of drug-likeness (QED) is 0.427. The first-order chi connectivity index (χ1) is 19.1. The smallest absolute Gasteiger partial charge is 0.253 e. The number of carbonyl (C=O) groups excluding carboxylic acids is 1. The predicted octanol–water partition coefficient (Wildman–Crippen LogP) is 4.75. The molecule has 0 bridgehead atoms. The molecule has 3 aromatic carbocycles. The van der Waals surface area contributed by atoms with Gasteiger partial charge in [0, 0.05) is 57.1 Å². The lowest BCUT2D eigenvalue weighted by molar-refractivity contribution is 0.00344. The molecule has 39 heavy (non-hydrogen) atoms. The van der Waals surface area contributed by atoms with E-state index >= 15 is 0 Å². The largest absolute Gasteiger partial charge is 0.372 e. The lowest BCUT2D eigenvalue weighted by Gasteiger charge is -2.36. The molecule has 0 saturated carbocycles. The van der Waals surface area contributed by atoms with Gasteiger partial charge in [-0.05, 0) is 72.5 Å². The van der Waals surface area contributed by atoms with Gasteiger partial charge in [0.2, 0.25) is 0 Å². The molecule has 3 aromatic rings. The second-order valence-electron chi connectivity index (χ2n) is 10.2. The minimum atomic E-state index is -0.121. The fourth-order valence-corrected chi connectivity index (χ4v) is 5.26. The predicted molar refractivity (Wildman–Crippen MR) is 150 cm³/mol. The number of anilines is 1. The number of nitrogens with zero attached hydrogens (tertiary/aromatic N) is 5. The first-order valence-corrected chi connectivity index (χ1v) is 13.6. The van der Waals surface area contributed by atoms with Crippen LogP contribution in [0.3, 0.4) is 0 Å². The number of nitriles is 2. The summed E-state index contributed by atoms with van der Waals surface area (Å²) >= 11 is 0. The van der Waals surface area contributed by atoms with Gasteiger partial charge in [-0.15, -0.1) is 0 Å². The van der Waals surface area contributed by atoms with Gasteiger partial charge in [-0.3, -0.25) is 9.69 Å². The molecule has 0 aliphatic carbocycles. The molecule has 0 unspecified atom stereocenters. The Kier molecular flexibility index (Phi) is 8.53. The number of rotatable bonds is 8. The van der Waals surface area contributed by atoms with Crippen LogP contribution in [0.15, 0.2) is 72.8 Å². The summed E-state index contributed by atoms with van der Waals surface area (Å²) in [6.45, 7) is 6.21. The average molecular weight is 520 g/mol.